The first-order valence-corrected chi connectivity index (χ1v) is 5.25. The Morgan fingerprint density at radius 2 is 2.27 bits per heavy atom. The molecule has 0 radical (unpaired) electrons. The average molecular weight is 268 g/mol. The second-order valence-electron chi connectivity index (χ2n) is 3.21. The van der Waals surface area contributed by atoms with Crippen LogP contribution in [-0.4, -0.2) is 19.9 Å². The fourth-order valence-electron chi connectivity index (χ4n) is 1.35. The van der Waals surface area contributed by atoms with E-state index in [4.69, 9.17) is 0 Å². The third-order valence-electron chi connectivity index (χ3n) is 2.11. The summed E-state index contributed by atoms with van der Waals surface area (Å²) in [7, 11) is 1.82. The van der Waals surface area contributed by atoms with Crippen molar-refractivity contribution in [2.75, 3.05) is 0 Å². The number of aryl methyl sites for hydroxylation is 1. The van der Waals surface area contributed by atoms with Gasteiger partial charge >= 0.3 is 0 Å². The summed E-state index contributed by atoms with van der Waals surface area (Å²) < 4.78 is 2.44. The second-order valence-corrected chi connectivity index (χ2v) is 4.07. The highest BCUT2D eigenvalue weighted by molar-refractivity contribution is 9.10. The number of hydrogen-bond donors (Lipinski definition) is 1. The Balaban J connectivity index is 2.36. The first-order valence-electron chi connectivity index (χ1n) is 4.45. The molecule has 2 rings (SSSR count). The van der Waals surface area contributed by atoms with Gasteiger partial charge in [0, 0.05) is 35.7 Å². The van der Waals surface area contributed by atoms with Gasteiger partial charge in [-0.05, 0) is 28.1 Å². The Morgan fingerprint density at radius 3 is 2.87 bits per heavy atom. The lowest BCUT2D eigenvalue weighted by atomic mass is 10.1. The molecular formula is C10H10BrN3O. The van der Waals surface area contributed by atoms with E-state index in [1.54, 1.807) is 35.4 Å². The summed E-state index contributed by atoms with van der Waals surface area (Å²) in [5.74, 6) is 0. The smallest absolute Gasteiger partial charge is 0.124 e. The van der Waals surface area contributed by atoms with Gasteiger partial charge in [0.05, 0.1) is 5.69 Å². The summed E-state index contributed by atoms with van der Waals surface area (Å²) in [6.45, 7) is 0. The van der Waals surface area contributed by atoms with Crippen LogP contribution >= 0.6 is 15.9 Å². The molecule has 2 aromatic heterocycles. The highest BCUT2D eigenvalue weighted by Gasteiger charge is 2.15. The van der Waals surface area contributed by atoms with Crippen LogP contribution in [0.3, 0.4) is 0 Å². The van der Waals surface area contributed by atoms with Crippen molar-refractivity contribution in [3.05, 3.63) is 46.5 Å². The Bertz CT molecular complexity index is 469. The van der Waals surface area contributed by atoms with Crippen LogP contribution in [0.15, 0.2) is 35.2 Å². The van der Waals surface area contributed by atoms with E-state index in [0.717, 1.165) is 10.0 Å². The largest absolute Gasteiger partial charge is 0.382 e. The molecule has 4 nitrogen and oxygen atoms in total. The maximum atomic E-state index is 10.1. The first kappa shape index (κ1) is 10.3. The zero-order valence-electron chi connectivity index (χ0n) is 8.13. The second kappa shape index (κ2) is 4.12. The molecule has 0 amide bonds. The molecule has 5 heteroatoms. The normalized spacial score (nSPS) is 12.7. The summed E-state index contributed by atoms with van der Waals surface area (Å²) >= 11 is 3.34. The molecule has 1 atom stereocenters. The van der Waals surface area contributed by atoms with E-state index in [-0.39, 0.29) is 0 Å². The van der Waals surface area contributed by atoms with E-state index < -0.39 is 6.10 Å². The third-order valence-corrected chi connectivity index (χ3v) is 2.78. The quantitative estimate of drug-likeness (QED) is 0.901. The monoisotopic (exact) mass is 267 g/mol. The van der Waals surface area contributed by atoms with Crippen molar-refractivity contribution in [2.24, 2.45) is 7.05 Å². The Morgan fingerprint density at radius 1 is 1.47 bits per heavy atom. The maximum Gasteiger partial charge on any atom is 0.124 e. The predicted octanol–water partition coefficient (Wildman–Crippen LogP) is 1.66. The number of hydrogen-bond acceptors (Lipinski definition) is 3. The number of aliphatic hydroxyl groups excluding tert-OH is 1. The van der Waals surface area contributed by atoms with Gasteiger partial charge < -0.3 is 5.11 Å². The summed E-state index contributed by atoms with van der Waals surface area (Å²) in [4.78, 5) is 3.94. The third kappa shape index (κ3) is 2.08. The molecule has 0 aromatic carbocycles. The minimum Gasteiger partial charge on any atom is -0.382 e. The molecule has 15 heavy (non-hydrogen) atoms. The Kier molecular flexibility index (Phi) is 2.83. The summed E-state index contributed by atoms with van der Waals surface area (Å²) in [5, 5.41) is 14.2. The van der Waals surface area contributed by atoms with Crippen molar-refractivity contribution in [2.45, 2.75) is 6.10 Å². The van der Waals surface area contributed by atoms with Crippen LogP contribution in [-0.2, 0) is 7.05 Å². The molecule has 0 fully saturated rings. The lowest BCUT2D eigenvalue weighted by Crippen LogP contribution is -2.02. The molecule has 1 N–H and O–H groups in total. The Labute approximate surface area is 95.7 Å². The van der Waals surface area contributed by atoms with Crippen LogP contribution in [0, 0.1) is 0 Å². The molecule has 2 aromatic rings. The predicted molar refractivity (Wildman–Crippen MR) is 59.2 cm³/mol. The van der Waals surface area contributed by atoms with E-state index in [1.165, 1.54) is 0 Å². The molecule has 2 heterocycles. The van der Waals surface area contributed by atoms with Crippen molar-refractivity contribution in [1.82, 2.24) is 14.8 Å². The fraction of sp³-hybridized carbons (Fsp3) is 0.200. The topological polar surface area (TPSA) is 50.9 Å². The van der Waals surface area contributed by atoms with Crippen molar-refractivity contribution in [3.63, 3.8) is 0 Å². The van der Waals surface area contributed by atoms with Gasteiger partial charge in [0.15, 0.2) is 0 Å². The van der Waals surface area contributed by atoms with Gasteiger partial charge in [-0.3, -0.25) is 9.67 Å². The van der Waals surface area contributed by atoms with E-state index in [9.17, 15) is 5.11 Å². The van der Waals surface area contributed by atoms with Crippen molar-refractivity contribution in [3.8, 4) is 0 Å². The van der Waals surface area contributed by atoms with E-state index in [1.807, 2.05) is 7.05 Å². The molecule has 0 saturated heterocycles. The highest BCUT2D eigenvalue weighted by Crippen LogP contribution is 2.26. The number of pyridine rings is 1. The van der Waals surface area contributed by atoms with Crippen LogP contribution in [0.1, 0.15) is 17.4 Å². The molecule has 0 bridgehead atoms. The zero-order chi connectivity index (χ0) is 10.8. The van der Waals surface area contributed by atoms with Crippen LogP contribution in [0.4, 0.5) is 0 Å². The Hall–Kier alpha value is -1.20. The lowest BCUT2D eigenvalue weighted by Gasteiger charge is -2.09. The van der Waals surface area contributed by atoms with Gasteiger partial charge in [-0.15, -0.1) is 0 Å². The average Bonchev–Trinajstić information content (AvgIpc) is 2.65. The standard InChI is InChI=1S/C10H10BrN3O/c1-14-5-3-9(13-14)10(15)7-2-4-12-6-8(7)11/h2-6,10,15H,1H3. The van der Waals surface area contributed by atoms with E-state index >= 15 is 0 Å². The van der Waals surface area contributed by atoms with Crippen LogP contribution < -0.4 is 0 Å². The molecule has 0 aliphatic rings. The van der Waals surface area contributed by atoms with Crippen molar-refractivity contribution < 1.29 is 5.11 Å². The van der Waals surface area contributed by atoms with E-state index in [0.29, 0.717) is 5.69 Å². The highest BCUT2D eigenvalue weighted by atomic mass is 79.9. The van der Waals surface area contributed by atoms with Gasteiger partial charge in [-0.25, -0.2) is 0 Å². The van der Waals surface area contributed by atoms with Crippen LogP contribution in [0.5, 0.6) is 0 Å². The van der Waals surface area contributed by atoms with Gasteiger partial charge in [0.2, 0.25) is 0 Å². The minimum atomic E-state index is -0.719. The number of nitrogens with zero attached hydrogens (tertiary/aromatic N) is 3. The summed E-state index contributed by atoms with van der Waals surface area (Å²) in [6, 6.07) is 3.56. The maximum absolute atomic E-state index is 10.1. The van der Waals surface area contributed by atoms with Crippen LogP contribution in [0.25, 0.3) is 0 Å². The number of aromatic nitrogens is 3. The molecule has 0 aliphatic carbocycles. The van der Waals surface area contributed by atoms with E-state index in [2.05, 4.69) is 26.0 Å². The number of halogens is 1. The van der Waals surface area contributed by atoms with Crippen molar-refractivity contribution in [1.29, 1.82) is 0 Å². The lowest BCUT2D eigenvalue weighted by molar-refractivity contribution is 0.213. The fourth-order valence-corrected chi connectivity index (χ4v) is 1.81. The van der Waals surface area contributed by atoms with Gasteiger partial charge in [0.1, 0.15) is 6.10 Å². The minimum absolute atomic E-state index is 0.629. The molecule has 0 aliphatic heterocycles. The van der Waals surface area contributed by atoms with Crippen molar-refractivity contribution >= 4 is 15.9 Å². The first-order chi connectivity index (χ1) is 7.18. The van der Waals surface area contributed by atoms with Gasteiger partial charge in [-0.1, -0.05) is 0 Å². The molecule has 0 spiro atoms. The molecular weight excluding hydrogens is 258 g/mol. The molecule has 0 saturated carbocycles. The number of rotatable bonds is 2. The van der Waals surface area contributed by atoms with Crippen LogP contribution in [0.2, 0.25) is 0 Å². The number of aliphatic hydroxyl groups is 1. The molecule has 1 unspecified atom stereocenters. The molecule has 78 valence electrons. The van der Waals surface area contributed by atoms with Gasteiger partial charge in [-0.2, -0.15) is 5.10 Å². The van der Waals surface area contributed by atoms with Gasteiger partial charge in [0.25, 0.3) is 0 Å². The SMILES string of the molecule is Cn1ccc(C(O)c2ccncc2Br)n1. The summed E-state index contributed by atoms with van der Waals surface area (Å²) in [5.41, 5.74) is 1.40. The summed E-state index contributed by atoms with van der Waals surface area (Å²) in [6.07, 6.45) is 4.38. The zero-order valence-corrected chi connectivity index (χ0v) is 9.72.